The Kier molecular flexibility index (Phi) is 5.46. The molecule has 0 saturated carbocycles. The molecule has 0 saturated heterocycles. The number of carboxylic acids is 1. The SMILES string of the molecule is CC(C)C(=O)Nc1cc(NC(=O)C(C)C)cc(C(=O)O)c1. The monoisotopic (exact) mass is 292 g/mol. The van der Waals surface area contributed by atoms with Crippen molar-refractivity contribution in [1.29, 1.82) is 0 Å². The molecule has 6 nitrogen and oxygen atoms in total. The summed E-state index contributed by atoms with van der Waals surface area (Å²) in [7, 11) is 0. The topological polar surface area (TPSA) is 95.5 Å². The Bertz CT molecular complexity index is 525. The predicted octanol–water partition coefficient (Wildman–Crippen LogP) is 2.57. The highest BCUT2D eigenvalue weighted by atomic mass is 16.4. The van der Waals surface area contributed by atoms with Crippen molar-refractivity contribution in [2.75, 3.05) is 10.6 Å². The number of hydrogen-bond acceptors (Lipinski definition) is 3. The van der Waals surface area contributed by atoms with Crippen molar-refractivity contribution in [3.8, 4) is 0 Å². The first-order valence-electron chi connectivity index (χ1n) is 6.70. The van der Waals surface area contributed by atoms with Crippen LogP contribution in [0.15, 0.2) is 18.2 Å². The maximum absolute atomic E-state index is 11.7. The van der Waals surface area contributed by atoms with Gasteiger partial charge in [0.15, 0.2) is 0 Å². The molecule has 0 atom stereocenters. The van der Waals surface area contributed by atoms with Gasteiger partial charge in [-0.2, -0.15) is 0 Å². The molecule has 0 spiro atoms. The summed E-state index contributed by atoms with van der Waals surface area (Å²) in [5.74, 6) is -2.03. The third-order valence-corrected chi connectivity index (χ3v) is 2.76. The molecule has 0 bridgehead atoms. The van der Waals surface area contributed by atoms with Gasteiger partial charge in [-0.05, 0) is 18.2 Å². The van der Waals surface area contributed by atoms with Crippen LogP contribution in [-0.2, 0) is 9.59 Å². The highest BCUT2D eigenvalue weighted by Crippen LogP contribution is 2.20. The molecule has 0 aliphatic heterocycles. The van der Waals surface area contributed by atoms with Gasteiger partial charge >= 0.3 is 5.97 Å². The predicted molar refractivity (Wildman–Crippen MR) is 80.3 cm³/mol. The second-order valence-corrected chi connectivity index (χ2v) is 5.39. The fourth-order valence-corrected chi connectivity index (χ4v) is 1.47. The van der Waals surface area contributed by atoms with E-state index in [1.54, 1.807) is 27.7 Å². The van der Waals surface area contributed by atoms with E-state index in [2.05, 4.69) is 10.6 Å². The highest BCUT2D eigenvalue weighted by molar-refractivity contribution is 5.98. The number of amides is 2. The summed E-state index contributed by atoms with van der Waals surface area (Å²) in [5, 5.41) is 14.3. The fourth-order valence-electron chi connectivity index (χ4n) is 1.47. The van der Waals surface area contributed by atoms with Gasteiger partial charge in [-0.25, -0.2) is 4.79 Å². The van der Waals surface area contributed by atoms with Gasteiger partial charge < -0.3 is 15.7 Å². The maximum Gasteiger partial charge on any atom is 0.335 e. The van der Waals surface area contributed by atoms with Crippen LogP contribution >= 0.6 is 0 Å². The third-order valence-electron chi connectivity index (χ3n) is 2.76. The van der Waals surface area contributed by atoms with Gasteiger partial charge in [-0.15, -0.1) is 0 Å². The molecule has 0 aliphatic rings. The normalized spacial score (nSPS) is 10.6. The van der Waals surface area contributed by atoms with Gasteiger partial charge in [0.25, 0.3) is 0 Å². The number of hydrogen-bond donors (Lipinski definition) is 3. The molecule has 1 rings (SSSR count). The van der Waals surface area contributed by atoms with Crippen LogP contribution in [0.4, 0.5) is 11.4 Å². The second kappa shape index (κ2) is 6.88. The minimum Gasteiger partial charge on any atom is -0.478 e. The van der Waals surface area contributed by atoms with Crippen molar-refractivity contribution < 1.29 is 19.5 Å². The Labute approximate surface area is 123 Å². The van der Waals surface area contributed by atoms with E-state index in [1.165, 1.54) is 18.2 Å². The molecule has 1 aromatic carbocycles. The van der Waals surface area contributed by atoms with Crippen LogP contribution in [0.5, 0.6) is 0 Å². The Morgan fingerprint density at radius 3 is 1.52 bits per heavy atom. The molecule has 3 N–H and O–H groups in total. The van der Waals surface area contributed by atoms with Crippen LogP contribution in [0.2, 0.25) is 0 Å². The van der Waals surface area contributed by atoms with Crippen LogP contribution in [-0.4, -0.2) is 22.9 Å². The number of carbonyl (C=O) groups excluding carboxylic acids is 2. The van der Waals surface area contributed by atoms with Gasteiger partial charge in [-0.3, -0.25) is 9.59 Å². The molecule has 0 unspecified atom stereocenters. The van der Waals surface area contributed by atoms with Crippen LogP contribution < -0.4 is 10.6 Å². The highest BCUT2D eigenvalue weighted by Gasteiger charge is 2.13. The van der Waals surface area contributed by atoms with E-state index >= 15 is 0 Å². The standard InChI is InChI=1S/C15H20N2O4/c1-8(2)13(18)16-11-5-10(15(20)21)6-12(7-11)17-14(19)9(3)4/h5-9H,1-4H3,(H,16,18)(H,17,19)(H,20,21). The first-order valence-corrected chi connectivity index (χ1v) is 6.70. The Hall–Kier alpha value is -2.37. The zero-order chi connectivity index (χ0) is 16.2. The van der Waals surface area contributed by atoms with Crippen molar-refractivity contribution in [2.24, 2.45) is 11.8 Å². The Morgan fingerprint density at radius 2 is 1.24 bits per heavy atom. The Balaban J connectivity index is 3.08. The summed E-state index contributed by atoms with van der Waals surface area (Å²) in [5.41, 5.74) is 0.677. The molecule has 2 amide bonds. The van der Waals surface area contributed by atoms with E-state index in [0.717, 1.165) is 0 Å². The molecule has 0 fully saturated rings. The lowest BCUT2D eigenvalue weighted by atomic mass is 10.1. The van der Waals surface area contributed by atoms with Crippen molar-refractivity contribution in [3.63, 3.8) is 0 Å². The van der Waals surface area contributed by atoms with Crippen molar-refractivity contribution in [1.82, 2.24) is 0 Å². The van der Waals surface area contributed by atoms with E-state index in [0.29, 0.717) is 11.4 Å². The number of rotatable bonds is 5. The average molecular weight is 292 g/mol. The van der Waals surface area contributed by atoms with E-state index in [9.17, 15) is 14.4 Å². The van der Waals surface area contributed by atoms with Gasteiger partial charge in [0.1, 0.15) is 0 Å². The number of carboxylic acid groups (broad SMARTS) is 1. The lowest BCUT2D eigenvalue weighted by Gasteiger charge is -2.12. The average Bonchev–Trinajstić information content (AvgIpc) is 2.37. The molecule has 0 aromatic heterocycles. The third kappa shape index (κ3) is 4.91. The zero-order valence-electron chi connectivity index (χ0n) is 12.6. The lowest BCUT2D eigenvalue weighted by Crippen LogP contribution is -2.20. The number of anilines is 2. The summed E-state index contributed by atoms with van der Waals surface area (Å²) in [6, 6.07) is 4.24. The van der Waals surface area contributed by atoms with Crippen molar-refractivity contribution in [3.05, 3.63) is 23.8 Å². The molecule has 6 heteroatoms. The molecule has 21 heavy (non-hydrogen) atoms. The van der Waals surface area contributed by atoms with Crippen molar-refractivity contribution >= 4 is 29.2 Å². The first-order chi connectivity index (χ1) is 9.70. The Morgan fingerprint density at radius 1 is 0.857 bits per heavy atom. The first kappa shape index (κ1) is 16.7. The van der Waals surface area contributed by atoms with Crippen LogP contribution in [0.1, 0.15) is 38.1 Å². The molecule has 0 aliphatic carbocycles. The smallest absolute Gasteiger partial charge is 0.335 e. The van der Waals surface area contributed by atoms with E-state index in [1.807, 2.05) is 0 Å². The molecule has 0 heterocycles. The largest absolute Gasteiger partial charge is 0.478 e. The van der Waals surface area contributed by atoms with E-state index < -0.39 is 5.97 Å². The quantitative estimate of drug-likeness (QED) is 0.777. The minimum atomic E-state index is -1.13. The van der Waals surface area contributed by atoms with Gasteiger partial charge in [0.2, 0.25) is 11.8 Å². The summed E-state index contributed by atoms with van der Waals surface area (Å²) in [6.07, 6.45) is 0. The van der Waals surface area contributed by atoms with Crippen LogP contribution in [0.25, 0.3) is 0 Å². The number of carbonyl (C=O) groups is 3. The van der Waals surface area contributed by atoms with Gasteiger partial charge in [0, 0.05) is 23.2 Å². The van der Waals surface area contributed by atoms with Crippen molar-refractivity contribution in [2.45, 2.75) is 27.7 Å². The summed E-state index contributed by atoms with van der Waals surface area (Å²) >= 11 is 0. The number of aromatic carboxylic acids is 1. The lowest BCUT2D eigenvalue weighted by molar-refractivity contribution is -0.119. The summed E-state index contributed by atoms with van der Waals surface area (Å²) in [6.45, 7) is 6.94. The van der Waals surface area contributed by atoms with E-state index in [4.69, 9.17) is 5.11 Å². The molecule has 114 valence electrons. The number of nitrogens with one attached hydrogen (secondary N) is 2. The van der Waals surface area contributed by atoms with Gasteiger partial charge in [-0.1, -0.05) is 27.7 Å². The molecular formula is C15H20N2O4. The number of benzene rings is 1. The second-order valence-electron chi connectivity index (χ2n) is 5.39. The van der Waals surface area contributed by atoms with Crippen LogP contribution in [0.3, 0.4) is 0 Å². The van der Waals surface area contributed by atoms with Crippen LogP contribution in [0, 0.1) is 11.8 Å². The minimum absolute atomic E-state index is 0.00406. The zero-order valence-corrected chi connectivity index (χ0v) is 12.6. The van der Waals surface area contributed by atoms with Gasteiger partial charge in [0.05, 0.1) is 5.56 Å². The van der Waals surface area contributed by atoms with E-state index in [-0.39, 0.29) is 29.2 Å². The fraction of sp³-hybridized carbons (Fsp3) is 0.400. The summed E-state index contributed by atoms with van der Waals surface area (Å²) < 4.78 is 0. The summed E-state index contributed by atoms with van der Waals surface area (Å²) in [4.78, 5) is 34.5. The molecule has 1 aromatic rings. The molecule has 0 radical (unpaired) electrons. The maximum atomic E-state index is 11.7. The molecular weight excluding hydrogens is 272 g/mol.